The molecule has 0 heterocycles. The maximum Gasteiger partial charge on any atom is 0.146 e. The minimum absolute atomic E-state index is 0.359. The van der Waals surface area contributed by atoms with Crippen LogP contribution in [0.1, 0.15) is 41.0 Å². The Hall–Kier alpha value is -0.0800. The highest BCUT2D eigenvalue weighted by atomic mass is 16.3. The number of nitrogens with zero attached hydrogens (tertiary/aromatic N) is 1. The van der Waals surface area contributed by atoms with Gasteiger partial charge in [-0.25, -0.2) is 5.11 Å². The van der Waals surface area contributed by atoms with Crippen molar-refractivity contribution in [1.82, 2.24) is 4.90 Å². The molecule has 0 saturated carbocycles. The van der Waals surface area contributed by atoms with Gasteiger partial charge >= 0.3 is 0 Å². The lowest BCUT2D eigenvalue weighted by atomic mass is 10.2. The van der Waals surface area contributed by atoms with Gasteiger partial charge in [-0.1, -0.05) is 6.92 Å². The van der Waals surface area contributed by atoms with Crippen molar-refractivity contribution in [3.63, 3.8) is 0 Å². The molecule has 1 unspecified atom stereocenters. The van der Waals surface area contributed by atoms with Crippen LogP contribution in [0.4, 0.5) is 0 Å². The summed E-state index contributed by atoms with van der Waals surface area (Å²) in [4.78, 5) is 2.00. The molecule has 0 bridgehead atoms. The number of rotatable bonds is 4. The average Bonchev–Trinajstić information content (AvgIpc) is 1.85. The third-order valence-corrected chi connectivity index (χ3v) is 1.87. The molecule has 11 heavy (non-hydrogen) atoms. The van der Waals surface area contributed by atoms with Crippen LogP contribution in [0.2, 0.25) is 0 Å². The molecule has 0 aromatic carbocycles. The average molecular weight is 158 g/mol. The van der Waals surface area contributed by atoms with E-state index in [4.69, 9.17) is 0 Å². The summed E-state index contributed by atoms with van der Waals surface area (Å²) in [7, 11) is 0. The molecular weight excluding hydrogens is 138 g/mol. The van der Waals surface area contributed by atoms with Crippen molar-refractivity contribution < 1.29 is 5.11 Å². The Morgan fingerprint density at radius 1 is 1.09 bits per heavy atom. The maximum atomic E-state index is 11.4. The molecule has 2 nitrogen and oxygen atoms in total. The van der Waals surface area contributed by atoms with E-state index in [1.165, 1.54) is 0 Å². The Morgan fingerprint density at radius 3 is 1.55 bits per heavy atom. The lowest BCUT2D eigenvalue weighted by molar-refractivity contribution is -0.0821. The summed E-state index contributed by atoms with van der Waals surface area (Å²) in [6.07, 6.45) is 0.158. The van der Waals surface area contributed by atoms with E-state index in [0.717, 1.165) is 0 Å². The van der Waals surface area contributed by atoms with Crippen LogP contribution < -0.4 is 0 Å². The molecule has 0 aromatic heterocycles. The molecule has 0 rings (SSSR count). The molecule has 2 heteroatoms. The van der Waals surface area contributed by atoms with Gasteiger partial charge in [0.05, 0.1) is 0 Å². The standard InChI is InChI=1S/C9H20NO/c1-6-9(11)10(7(2)3)8(4)5/h7-9H,6H2,1-5H3. The van der Waals surface area contributed by atoms with E-state index in [1.807, 2.05) is 11.8 Å². The minimum atomic E-state index is -0.532. The predicted octanol–water partition coefficient (Wildman–Crippen LogP) is 2.27. The molecule has 0 spiro atoms. The highest BCUT2D eigenvalue weighted by Crippen LogP contribution is 2.11. The number of hydrogen-bond acceptors (Lipinski definition) is 1. The SMILES string of the molecule is CCC([O])N(C(C)C)C(C)C. The Labute approximate surface area is 70.2 Å². The van der Waals surface area contributed by atoms with Crippen molar-refractivity contribution in [2.45, 2.75) is 59.4 Å². The molecule has 0 aliphatic heterocycles. The second-order valence-corrected chi connectivity index (χ2v) is 3.50. The van der Waals surface area contributed by atoms with E-state index in [0.29, 0.717) is 18.5 Å². The Kier molecular flexibility index (Phi) is 4.69. The zero-order valence-corrected chi connectivity index (χ0v) is 8.29. The third-order valence-electron chi connectivity index (χ3n) is 1.87. The van der Waals surface area contributed by atoms with Crippen molar-refractivity contribution in [2.75, 3.05) is 0 Å². The van der Waals surface area contributed by atoms with Gasteiger partial charge in [-0.2, -0.15) is 0 Å². The second-order valence-electron chi connectivity index (χ2n) is 3.50. The molecule has 0 saturated heterocycles. The van der Waals surface area contributed by atoms with Crippen molar-refractivity contribution in [3.8, 4) is 0 Å². The molecule has 0 aromatic rings. The smallest absolute Gasteiger partial charge is 0.146 e. The zero-order chi connectivity index (χ0) is 9.02. The topological polar surface area (TPSA) is 23.1 Å². The summed E-state index contributed by atoms with van der Waals surface area (Å²) in [5, 5.41) is 11.4. The Morgan fingerprint density at radius 2 is 1.45 bits per heavy atom. The molecular formula is C9H20NO. The quantitative estimate of drug-likeness (QED) is 0.576. The van der Waals surface area contributed by atoms with Crippen LogP contribution in [0.5, 0.6) is 0 Å². The summed E-state index contributed by atoms with van der Waals surface area (Å²) in [6, 6.07) is 0.717. The van der Waals surface area contributed by atoms with Gasteiger partial charge in [-0.05, 0) is 34.1 Å². The largest absolute Gasteiger partial charge is 0.271 e. The van der Waals surface area contributed by atoms with Gasteiger partial charge in [0.1, 0.15) is 6.23 Å². The van der Waals surface area contributed by atoms with Crippen molar-refractivity contribution >= 4 is 0 Å². The van der Waals surface area contributed by atoms with Gasteiger partial charge in [0.25, 0.3) is 0 Å². The van der Waals surface area contributed by atoms with E-state index >= 15 is 0 Å². The summed E-state index contributed by atoms with van der Waals surface area (Å²) in [5.74, 6) is 0. The van der Waals surface area contributed by atoms with Crippen LogP contribution in [0.3, 0.4) is 0 Å². The third kappa shape index (κ3) is 3.21. The first kappa shape index (κ1) is 10.9. The first-order valence-electron chi connectivity index (χ1n) is 4.44. The summed E-state index contributed by atoms with van der Waals surface area (Å²) in [6.45, 7) is 10.2. The van der Waals surface area contributed by atoms with E-state index in [9.17, 15) is 5.11 Å². The van der Waals surface area contributed by atoms with Crippen LogP contribution in [0.15, 0.2) is 0 Å². The zero-order valence-electron chi connectivity index (χ0n) is 8.29. The summed E-state index contributed by atoms with van der Waals surface area (Å²) < 4.78 is 0. The van der Waals surface area contributed by atoms with E-state index in [-0.39, 0.29) is 0 Å². The maximum absolute atomic E-state index is 11.4. The van der Waals surface area contributed by atoms with Gasteiger partial charge in [0.2, 0.25) is 0 Å². The van der Waals surface area contributed by atoms with Crippen molar-refractivity contribution in [1.29, 1.82) is 0 Å². The van der Waals surface area contributed by atoms with Gasteiger partial charge in [0, 0.05) is 12.1 Å². The second kappa shape index (κ2) is 4.73. The summed E-state index contributed by atoms with van der Waals surface area (Å²) >= 11 is 0. The summed E-state index contributed by atoms with van der Waals surface area (Å²) in [5.41, 5.74) is 0. The lowest BCUT2D eigenvalue weighted by Crippen LogP contribution is -2.44. The Balaban J connectivity index is 4.09. The van der Waals surface area contributed by atoms with Gasteiger partial charge < -0.3 is 0 Å². The fraction of sp³-hybridized carbons (Fsp3) is 1.00. The van der Waals surface area contributed by atoms with E-state index in [2.05, 4.69) is 27.7 Å². The van der Waals surface area contributed by atoms with Crippen LogP contribution in [-0.2, 0) is 5.11 Å². The number of hydrogen-bond donors (Lipinski definition) is 0. The van der Waals surface area contributed by atoms with Crippen molar-refractivity contribution in [3.05, 3.63) is 0 Å². The lowest BCUT2D eigenvalue weighted by Gasteiger charge is -2.33. The minimum Gasteiger partial charge on any atom is -0.271 e. The molecule has 1 radical (unpaired) electrons. The van der Waals surface area contributed by atoms with Crippen LogP contribution in [-0.4, -0.2) is 23.2 Å². The fourth-order valence-corrected chi connectivity index (χ4v) is 1.47. The highest BCUT2D eigenvalue weighted by Gasteiger charge is 2.20. The Bertz CT molecular complexity index is 93.7. The highest BCUT2D eigenvalue weighted by molar-refractivity contribution is 4.68. The van der Waals surface area contributed by atoms with Crippen LogP contribution in [0, 0.1) is 0 Å². The predicted molar refractivity (Wildman–Crippen MR) is 46.9 cm³/mol. The van der Waals surface area contributed by atoms with Crippen LogP contribution in [0.25, 0.3) is 0 Å². The van der Waals surface area contributed by atoms with Crippen molar-refractivity contribution in [2.24, 2.45) is 0 Å². The normalized spacial score (nSPS) is 15.0. The molecule has 0 aliphatic rings. The van der Waals surface area contributed by atoms with Crippen LogP contribution >= 0.6 is 0 Å². The molecule has 0 amide bonds. The van der Waals surface area contributed by atoms with E-state index in [1.54, 1.807) is 0 Å². The fourth-order valence-electron chi connectivity index (χ4n) is 1.47. The molecule has 1 atom stereocenters. The monoisotopic (exact) mass is 158 g/mol. The van der Waals surface area contributed by atoms with Gasteiger partial charge in [-0.3, -0.25) is 4.90 Å². The first-order chi connectivity index (χ1) is 5.00. The molecule has 67 valence electrons. The molecule has 0 N–H and O–H groups in total. The van der Waals surface area contributed by atoms with Gasteiger partial charge in [-0.15, -0.1) is 0 Å². The molecule has 0 fully saturated rings. The molecule has 0 aliphatic carbocycles. The van der Waals surface area contributed by atoms with E-state index < -0.39 is 6.23 Å². The van der Waals surface area contributed by atoms with Gasteiger partial charge in [0.15, 0.2) is 0 Å². The first-order valence-corrected chi connectivity index (χ1v) is 4.44.